The van der Waals surface area contributed by atoms with Gasteiger partial charge in [-0.3, -0.25) is 14.9 Å². The van der Waals surface area contributed by atoms with E-state index in [1.807, 2.05) is 0 Å². The Hall–Kier alpha value is -1.98. The van der Waals surface area contributed by atoms with Gasteiger partial charge in [0, 0.05) is 6.07 Å². The summed E-state index contributed by atoms with van der Waals surface area (Å²) >= 11 is 0. The van der Waals surface area contributed by atoms with Crippen LogP contribution in [0.25, 0.3) is 0 Å². The van der Waals surface area contributed by atoms with Crippen LogP contribution in [0.2, 0.25) is 0 Å². The second-order valence-electron chi connectivity index (χ2n) is 4.85. The normalized spacial score (nSPS) is 17.5. The van der Waals surface area contributed by atoms with E-state index in [0.717, 1.165) is 12.8 Å². The van der Waals surface area contributed by atoms with Gasteiger partial charge in [0.1, 0.15) is 0 Å². The Morgan fingerprint density at radius 1 is 1.50 bits per heavy atom. The van der Waals surface area contributed by atoms with E-state index in [9.17, 15) is 19.3 Å². The fraction of sp³-hybridized carbons (Fsp3) is 0.417. The summed E-state index contributed by atoms with van der Waals surface area (Å²) in [6, 6.07) is 1.33. The molecule has 6 heteroatoms. The minimum atomic E-state index is -0.628. The van der Waals surface area contributed by atoms with E-state index in [-0.39, 0.29) is 29.3 Å². The summed E-state index contributed by atoms with van der Waals surface area (Å²) in [6.07, 6.45) is 2.36. The number of hydrogen-bond acceptors (Lipinski definition) is 3. The van der Waals surface area contributed by atoms with E-state index in [0.29, 0.717) is 17.9 Å². The van der Waals surface area contributed by atoms with E-state index in [2.05, 4.69) is 5.32 Å². The minimum Gasteiger partial charge on any atom is -0.323 e. The predicted molar refractivity (Wildman–Crippen MR) is 61.8 cm³/mol. The monoisotopic (exact) mass is 250 g/mol. The number of nitro groups is 1. The highest BCUT2D eigenvalue weighted by atomic mass is 19.1. The number of nitrogens with one attached hydrogen (secondary N) is 1. The molecule has 0 atom stereocenters. The molecule has 18 heavy (non-hydrogen) atoms. The van der Waals surface area contributed by atoms with Crippen LogP contribution in [0.1, 0.15) is 24.0 Å². The standard InChI is InChI=1S/C12H11FN2O3/c13-11-8(3-6-1-2-6)9(15(17)18)4-7-5-10(16)14-12(7)11/h4,6H,1-3,5H2,(H,14,16). The van der Waals surface area contributed by atoms with Crippen LogP contribution in [0.3, 0.4) is 0 Å². The summed E-state index contributed by atoms with van der Waals surface area (Å²) in [6.45, 7) is 0. The molecule has 3 rings (SSSR count). The smallest absolute Gasteiger partial charge is 0.275 e. The molecular weight excluding hydrogens is 239 g/mol. The molecular formula is C12H11FN2O3. The van der Waals surface area contributed by atoms with Crippen LogP contribution in [0.5, 0.6) is 0 Å². The molecule has 1 aliphatic heterocycles. The highest BCUT2D eigenvalue weighted by Crippen LogP contribution is 2.40. The molecule has 1 aliphatic carbocycles. The first kappa shape index (κ1) is 11.1. The number of rotatable bonds is 3. The average molecular weight is 250 g/mol. The summed E-state index contributed by atoms with van der Waals surface area (Å²) in [4.78, 5) is 21.7. The van der Waals surface area contributed by atoms with Gasteiger partial charge in [-0.1, -0.05) is 0 Å². The maximum Gasteiger partial charge on any atom is 0.275 e. The molecule has 1 aromatic rings. The fourth-order valence-corrected chi connectivity index (χ4v) is 2.33. The predicted octanol–water partition coefficient (Wildman–Crippen LogP) is 2.18. The van der Waals surface area contributed by atoms with Crippen molar-refractivity contribution in [2.24, 2.45) is 5.92 Å². The Morgan fingerprint density at radius 2 is 2.22 bits per heavy atom. The fourth-order valence-electron chi connectivity index (χ4n) is 2.33. The third kappa shape index (κ3) is 1.73. The highest BCUT2D eigenvalue weighted by Gasteiger charge is 2.33. The van der Waals surface area contributed by atoms with Crippen LogP contribution in [0.4, 0.5) is 15.8 Å². The lowest BCUT2D eigenvalue weighted by Crippen LogP contribution is -2.06. The number of halogens is 1. The van der Waals surface area contributed by atoms with Gasteiger partial charge in [-0.05, 0) is 30.7 Å². The number of fused-ring (bicyclic) bond motifs is 1. The van der Waals surface area contributed by atoms with Gasteiger partial charge in [0.25, 0.3) is 5.69 Å². The van der Waals surface area contributed by atoms with E-state index < -0.39 is 10.7 Å². The SMILES string of the molecule is O=C1Cc2cc([N+](=O)[O-])c(CC3CC3)c(F)c2N1. The van der Waals surface area contributed by atoms with E-state index in [1.54, 1.807) is 0 Å². The number of carbonyl (C=O) groups is 1. The lowest BCUT2D eigenvalue weighted by Gasteiger charge is -2.08. The molecule has 0 spiro atoms. The quantitative estimate of drug-likeness (QED) is 0.660. The zero-order chi connectivity index (χ0) is 12.9. The van der Waals surface area contributed by atoms with E-state index >= 15 is 0 Å². The first-order valence-electron chi connectivity index (χ1n) is 5.84. The lowest BCUT2D eigenvalue weighted by molar-refractivity contribution is -0.385. The van der Waals surface area contributed by atoms with Gasteiger partial charge in [0.15, 0.2) is 5.82 Å². The summed E-state index contributed by atoms with van der Waals surface area (Å²) in [5.74, 6) is -0.605. The molecule has 0 saturated heterocycles. The zero-order valence-electron chi connectivity index (χ0n) is 9.53. The average Bonchev–Trinajstić information content (AvgIpc) is 3.03. The zero-order valence-corrected chi connectivity index (χ0v) is 9.53. The molecule has 1 amide bonds. The van der Waals surface area contributed by atoms with Crippen molar-refractivity contribution in [3.8, 4) is 0 Å². The molecule has 1 heterocycles. The molecule has 1 N–H and O–H groups in total. The van der Waals surface area contributed by atoms with Crippen LogP contribution in [0.15, 0.2) is 6.07 Å². The van der Waals surface area contributed by atoms with Crippen molar-refractivity contribution in [2.75, 3.05) is 5.32 Å². The maximum atomic E-state index is 14.2. The molecule has 1 fully saturated rings. The van der Waals surface area contributed by atoms with Crippen molar-refractivity contribution in [1.29, 1.82) is 0 Å². The Morgan fingerprint density at radius 3 is 2.83 bits per heavy atom. The van der Waals surface area contributed by atoms with Crippen LogP contribution in [-0.2, 0) is 17.6 Å². The van der Waals surface area contributed by atoms with Crippen molar-refractivity contribution in [3.63, 3.8) is 0 Å². The van der Waals surface area contributed by atoms with Gasteiger partial charge >= 0.3 is 0 Å². The van der Waals surface area contributed by atoms with Crippen molar-refractivity contribution in [1.82, 2.24) is 0 Å². The van der Waals surface area contributed by atoms with Gasteiger partial charge in [-0.25, -0.2) is 4.39 Å². The second kappa shape index (κ2) is 3.76. The van der Waals surface area contributed by atoms with Crippen molar-refractivity contribution >= 4 is 17.3 Å². The number of amides is 1. The summed E-state index contributed by atoms with van der Waals surface area (Å²) in [5.41, 5.74) is 0.433. The Bertz CT molecular complexity index is 567. The molecule has 1 saturated carbocycles. The third-order valence-electron chi connectivity index (χ3n) is 3.43. The van der Waals surface area contributed by atoms with Crippen LogP contribution in [0, 0.1) is 21.8 Å². The maximum absolute atomic E-state index is 14.2. The molecule has 0 unspecified atom stereocenters. The molecule has 0 bridgehead atoms. The Labute approximate surface area is 102 Å². The topological polar surface area (TPSA) is 72.2 Å². The largest absolute Gasteiger partial charge is 0.323 e. The highest BCUT2D eigenvalue weighted by molar-refractivity contribution is 5.99. The molecule has 2 aliphatic rings. The Kier molecular flexibility index (Phi) is 2.33. The molecule has 5 nitrogen and oxygen atoms in total. The minimum absolute atomic E-state index is 0.0107. The molecule has 1 aromatic carbocycles. The van der Waals surface area contributed by atoms with Gasteiger partial charge in [0.05, 0.1) is 22.6 Å². The van der Waals surface area contributed by atoms with Crippen molar-refractivity contribution in [3.05, 3.63) is 33.1 Å². The van der Waals surface area contributed by atoms with Gasteiger partial charge < -0.3 is 5.32 Å². The van der Waals surface area contributed by atoms with Gasteiger partial charge in [0.2, 0.25) is 5.91 Å². The first-order valence-corrected chi connectivity index (χ1v) is 5.84. The van der Waals surface area contributed by atoms with Crippen LogP contribution < -0.4 is 5.32 Å². The summed E-state index contributed by atoms with van der Waals surface area (Å²) < 4.78 is 14.2. The molecule has 0 radical (unpaired) electrons. The second-order valence-corrected chi connectivity index (χ2v) is 4.85. The number of nitrogens with zero attached hydrogens (tertiary/aromatic N) is 1. The number of hydrogen-bond donors (Lipinski definition) is 1. The number of nitro benzene ring substituents is 1. The summed E-state index contributed by atoms with van der Waals surface area (Å²) in [7, 11) is 0. The van der Waals surface area contributed by atoms with E-state index in [1.165, 1.54) is 6.07 Å². The number of carbonyl (C=O) groups excluding carboxylic acids is 1. The third-order valence-corrected chi connectivity index (χ3v) is 3.43. The van der Waals surface area contributed by atoms with Crippen LogP contribution >= 0.6 is 0 Å². The summed E-state index contributed by atoms with van der Waals surface area (Å²) in [5, 5.41) is 13.4. The van der Waals surface area contributed by atoms with Crippen molar-refractivity contribution in [2.45, 2.75) is 25.7 Å². The number of anilines is 1. The van der Waals surface area contributed by atoms with E-state index in [4.69, 9.17) is 0 Å². The van der Waals surface area contributed by atoms with Gasteiger partial charge in [-0.15, -0.1) is 0 Å². The van der Waals surface area contributed by atoms with Crippen LogP contribution in [-0.4, -0.2) is 10.8 Å². The number of benzene rings is 1. The van der Waals surface area contributed by atoms with Gasteiger partial charge in [-0.2, -0.15) is 0 Å². The molecule has 94 valence electrons. The first-order chi connectivity index (χ1) is 8.56. The Balaban J connectivity index is 2.12. The lowest BCUT2D eigenvalue weighted by atomic mass is 10.0. The van der Waals surface area contributed by atoms with Crippen molar-refractivity contribution < 1.29 is 14.1 Å². The molecule has 0 aromatic heterocycles.